The first-order valence-corrected chi connectivity index (χ1v) is 5.62. The highest BCUT2D eigenvalue weighted by Gasteiger charge is 2.20. The monoisotopic (exact) mass is 218 g/mol. The van der Waals surface area contributed by atoms with Crippen molar-refractivity contribution in [1.29, 1.82) is 0 Å². The van der Waals surface area contributed by atoms with E-state index in [9.17, 15) is 0 Å². The van der Waals surface area contributed by atoms with Crippen LogP contribution in [0, 0.1) is 11.8 Å². The van der Waals surface area contributed by atoms with Gasteiger partial charge < -0.3 is 20.9 Å². The van der Waals surface area contributed by atoms with Crippen LogP contribution in [0.5, 0.6) is 0 Å². The molecule has 0 aromatic carbocycles. The minimum atomic E-state index is 0.199. The highest BCUT2D eigenvalue weighted by atomic mass is 16.5. The van der Waals surface area contributed by atoms with Crippen LogP contribution in [0.2, 0.25) is 0 Å². The maximum Gasteiger partial charge on any atom is 0.0503 e. The molecule has 0 aliphatic rings. The van der Waals surface area contributed by atoms with Crippen molar-refractivity contribution in [3.05, 3.63) is 0 Å². The van der Waals surface area contributed by atoms with E-state index in [2.05, 4.69) is 19.2 Å². The van der Waals surface area contributed by atoms with E-state index >= 15 is 0 Å². The number of rotatable bonds is 8. The number of aliphatic hydroxyl groups excluding tert-OH is 1. The van der Waals surface area contributed by atoms with Gasteiger partial charge in [-0.3, -0.25) is 0 Å². The van der Waals surface area contributed by atoms with Gasteiger partial charge in [0.25, 0.3) is 0 Å². The Kier molecular flexibility index (Phi) is 7.96. The van der Waals surface area contributed by atoms with Crippen LogP contribution in [0.4, 0.5) is 0 Å². The van der Waals surface area contributed by atoms with E-state index in [4.69, 9.17) is 15.6 Å². The molecule has 0 saturated carbocycles. The minimum absolute atomic E-state index is 0.199. The van der Waals surface area contributed by atoms with Crippen molar-refractivity contribution in [2.45, 2.75) is 32.9 Å². The summed E-state index contributed by atoms with van der Waals surface area (Å²) in [5.41, 5.74) is 5.71. The van der Waals surface area contributed by atoms with Gasteiger partial charge in [0, 0.05) is 32.3 Å². The fourth-order valence-corrected chi connectivity index (χ4v) is 1.50. The van der Waals surface area contributed by atoms with Crippen molar-refractivity contribution in [2.75, 3.05) is 26.9 Å². The standard InChI is InChI=1S/C11H26N2O2/c1-8(6-14)10(3)13-11(5-12)9(2)7-15-4/h8-11,13-14H,5-7,12H2,1-4H3. The summed E-state index contributed by atoms with van der Waals surface area (Å²) in [7, 11) is 1.70. The summed E-state index contributed by atoms with van der Waals surface area (Å²) >= 11 is 0. The van der Waals surface area contributed by atoms with Crippen molar-refractivity contribution in [3.8, 4) is 0 Å². The van der Waals surface area contributed by atoms with E-state index in [1.807, 2.05) is 6.92 Å². The molecular formula is C11H26N2O2. The van der Waals surface area contributed by atoms with Gasteiger partial charge in [-0.1, -0.05) is 13.8 Å². The van der Waals surface area contributed by atoms with Crippen molar-refractivity contribution in [1.82, 2.24) is 5.32 Å². The molecule has 4 unspecified atom stereocenters. The van der Waals surface area contributed by atoms with E-state index in [1.54, 1.807) is 7.11 Å². The molecule has 0 aromatic heterocycles. The second kappa shape index (κ2) is 8.05. The van der Waals surface area contributed by atoms with Crippen LogP contribution in [-0.2, 0) is 4.74 Å². The molecule has 15 heavy (non-hydrogen) atoms. The van der Waals surface area contributed by atoms with Gasteiger partial charge in [-0.2, -0.15) is 0 Å². The fourth-order valence-electron chi connectivity index (χ4n) is 1.50. The highest BCUT2D eigenvalue weighted by molar-refractivity contribution is 4.79. The number of nitrogens with one attached hydrogen (secondary N) is 1. The minimum Gasteiger partial charge on any atom is -0.396 e. The van der Waals surface area contributed by atoms with Crippen LogP contribution < -0.4 is 11.1 Å². The van der Waals surface area contributed by atoms with Gasteiger partial charge in [0.15, 0.2) is 0 Å². The Morgan fingerprint density at radius 3 is 2.27 bits per heavy atom. The van der Waals surface area contributed by atoms with Crippen LogP contribution in [0.25, 0.3) is 0 Å². The predicted octanol–water partition coefficient (Wildman–Crippen LogP) is 0.203. The van der Waals surface area contributed by atoms with Gasteiger partial charge in [0.1, 0.15) is 0 Å². The van der Waals surface area contributed by atoms with Gasteiger partial charge in [-0.05, 0) is 18.8 Å². The Morgan fingerprint density at radius 2 is 1.87 bits per heavy atom. The highest BCUT2D eigenvalue weighted by Crippen LogP contribution is 2.07. The number of methoxy groups -OCH3 is 1. The largest absolute Gasteiger partial charge is 0.396 e. The van der Waals surface area contributed by atoms with Crippen LogP contribution in [0.3, 0.4) is 0 Å². The van der Waals surface area contributed by atoms with Crippen molar-refractivity contribution >= 4 is 0 Å². The smallest absolute Gasteiger partial charge is 0.0503 e. The third-order valence-electron chi connectivity index (χ3n) is 2.99. The molecule has 4 heteroatoms. The lowest BCUT2D eigenvalue weighted by Gasteiger charge is -2.29. The number of nitrogens with two attached hydrogens (primary N) is 1. The summed E-state index contributed by atoms with van der Waals surface area (Å²) in [6.45, 7) is 7.70. The zero-order chi connectivity index (χ0) is 11.8. The molecule has 0 saturated heterocycles. The molecule has 0 radical (unpaired) electrons. The van der Waals surface area contributed by atoms with E-state index in [-0.39, 0.29) is 24.6 Å². The maximum absolute atomic E-state index is 9.04. The molecule has 0 aliphatic heterocycles. The molecular weight excluding hydrogens is 192 g/mol. The molecule has 4 atom stereocenters. The molecule has 0 aromatic rings. The van der Waals surface area contributed by atoms with Crippen molar-refractivity contribution in [2.24, 2.45) is 17.6 Å². The van der Waals surface area contributed by atoms with E-state index in [0.29, 0.717) is 19.1 Å². The molecule has 0 heterocycles. The van der Waals surface area contributed by atoms with Gasteiger partial charge in [0.05, 0.1) is 6.61 Å². The van der Waals surface area contributed by atoms with Gasteiger partial charge in [-0.25, -0.2) is 0 Å². The average Bonchev–Trinajstić information content (AvgIpc) is 2.24. The number of hydrogen-bond donors (Lipinski definition) is 3. The Labute approximate surface area is 93.2 Å². The summed E-state index contributed by atoms with van der Waals surface area (Å²) < 4.78 is 5.11. The number of ether oxygens (including phenoxy) is 1. The lowest BCUT2D eigenvalue weighted by molar-refractivity contribution is 0.129. The quantitative estimate of drug-likeness (QED) is 0.544. The third kappa shape index (κ3) is 5.47. The normalized spacial score (nSPS) is 19.6. The van der Waals surface area contributed by atoms with Gasteiger partial charge in [0.2, 0.25) is 0 Å². The maximum atomic E-state index is 9.04. The second-order valence-electron chi connectivity index (χ2n) is 4.39. The Hall–Kier alpha value is -0.160. The molecule has 4 nitrogen and oxygen atoms in total. The molecule has 4 N–H and O–H groups in total. The van der Waals surface area contributed by atoms with Crippen LogP contribution in [0.15, 0.2) is 0 Å². The van der Waals surface area contributed by atoms with Crippen molar-refractivity contribution < 1.29 is 9.84 Å². The Morgan fingerprint density at radius 1 is 1.27 bits per heavy atom. The molecule has 0 aliphatic carbocycles. The summed E-state index contributed by atoms with van der Waals surface area (Å²) in [5.74, 6) is 0.627. The van der Waals surface area contributed by atoms with Crippen LogP contribution in [-0.4, -0.2) is 44.1 Å². The van der Waals surface area contributed by atoms with Crippen molar-refractivity contribution in [3.63, 3.8) is 0 Å². The number of hydrogen-bond acceptors (Lipinski definition) is 4. The third-order valence-corrected chi connectivity index (χ3v) is 2.99. The average molecular weight is 218 g/mol. The summed E-state index contributed by atoms with van der Waals surface area (Å²) in [4.78, 5) is 0. The molecule has 0 rings (SSSR count). The molecule has 0 spiro atoms. The van der Waals surface area contributed by atoms with Gasteiger partial charge >= 0.3 is 0 Å². The molecule has 0 fully saturated rings. The van der Waals surface area contributed by atoms with E-state index in [0.717, 1.165) is 0 Å². The lowest BCUT2D eigenvalue weighted by Crippen LogP contribution is -2.49. The summed E-state index contributed by atoms with van der Waals surface area (Å²) in [6.07, 6.45) is 0. The molecule has 0 bridgehead atoms. The fraction of sp³-hybridized carbons (Fsp3) is 1.00. The van der Waals surface area contributed by atoms with Crippen LogP contribution >= 0.6 is 0 Å². The first kappa shape index (κ1) is 14.8. The second-order valence-corrected chi connectivity index (χ2v) is 4.39. The zero-order valence-corrected chi connectivity index (χ0v) is 10.4. The predicted molar refractivity (Wildman–Crippen MR) is 62.7 cm³/mol. The number of aliphatic hydroxyl groups is 1. The zero-order valence-electron chi connectivity index (χ0n) is 10.4. The summed E-state index contributed by atoms with van der Waals surface area (Å²) in [5, 5.41) is 12.5. The SMILES string of the molecule is COCC(C)C(CN)NC(C)C(C)CO. The Balaban J connectivity index is 4.07. The van der Waals surface area contributed by atoms with Crippen LogP contribution in [0.1, 0.15) is 20.8 Å². The Bertz CT molecular complexity index is 156. The topological polar surface area (TPSA) is 67.5 Å². The first-order chi connectivity index (χ1) is 7.06. The molecule has 0 amide bonds. The van der Waals surface area contributed by atoms with Gasteiger partial charge in [-0.15, -0.1) is 0 Å². The van der Waals surface area contributed by atoms with E-state index < -0.39 is 0 Å². The van der Waals surface area contributed by atoms with E-state index in [1.165, 1.54) is 0 Å². The molecule has 92 valence electrons. The lowest BCUT2D eigenvalue weighted by atomic mass is 9.98. The summed E-state index contributed by atoms with van der Waals surface area (Å²) in [6, 6.07) is 0.511. The first-order valence-electron chi connectivity index (χ1n) is 5.62.